The van der Waals surface area contributed by atoms with Gasteiger partial charge in [-0.15, -0.1) is 0 Å². The van der Waals surface area contributed by atoms with Gasteiger partial charge < -0.3 is 5.11 Å². The van der Waals surface area contributed by atoms with Crippen LogP contribution in [-0.4, -0.2) is 38.1 Å². The van der Waals surface area contributed by atoms with Crippen LogP contribution in [0.2, 0.25) is 0 Å². The maximum Gasteiger partial charge on any atom is 0.433 e. The van der Waals surface area contributed by atoms with Gasteiger partial charge in [0.15, 0.2) is 5.69 Å². The highest BCUT2D eigenvalue weighted by molar-refractivity contribution is 7.20. The largest absolute Gasteiger partial charge is 0.481 e. The lowest BCUT2D eigenvalue weighted by Crippen LogP contribution is -2.21. The highest BCUT2D eigenvalue weighted by Gasteiger charge is 2.39. The number of nitrogens with one attached hydrogen (secondary N) is 1. The molecule has 2 aromatic heterocycles. The molecule has 0 spiro atoms. The second kappa shape index (κ2) is 6.99. The van der Waals surface area contributed by atoms with Gasteiger partial charge in [0.05, 0.1) is 22.2 Å². The first-order chi connectivity index (χ1) is 12.7. The van der Waals surface area contributed by atoms with Gasteiger partial charge >= 0.3 is 12.1 Å². The van der Waals surface area contributed by atoms with Gasteiger partial charge in [-0.3, -0.25) is 19.7 Å². The number of fused-ring (bicyclic) bond motifs is 1. The monoisotopic (exact) mass is 398 g/mol. The van der Waals surface area contributed by atoms with Gasteiger partial charge in [-0.25, -0.2) is 4.98 Å². The van der Waals surface area contributed by atoms with Gasteiger partial charge in [0.25, 0.3) is 5.56 Å². The highest BCUT2D eigenvalue weighted by atomic mass is 32.1. The fraction of sp³-hybridized carbons (Fsp3) is 0.250. The van der Waals surface area contributed by atoms with Crippen molar-refractivity contribution in [3.63, 3.8) is 0 Å². The van der Waals surface area contributed by atoms with Gasteiger partial charge in [0.2, 0.25) is 5.13 Å². The summed E-state index contributed by atoms with van der Waals surface area (Å²) < 4.78 is 41.7. The molecule has 7 nitrogen and oxygen atoms in total. The molecule has 142 valence electrons. The number of thiazole rings is 1. The molecule has 0 amide bonds. The minimum absolute atomic E-state index is 0.0660. The summed E-state index contributed by atoms with van der Waals surface area (Å²) in [6.07, 6.45) is -5.17. The number of aliphatic imine (C=N–C) groups is 1. The zero-order chi connectivity index (χ0) is 19.8. The van der Waals surface area contributed by atoms with E-state index in [0.29, 0.717) is 5.52 Å². The van der Waals surface area contributed by atoms with Crippen molar-refractivity contribution in [2.24, 2.45) is 4.99 Å². The van der Waals surface area contributed by atoms with Crippen LogP contribution in [0.15, 0.2) is 34.1 Å². The van der Waals surface area contributed by atoms with Crippen molar-refractivity contribution in [1.29, 1.82) is 0 Å². The van der Waals surface area contributed by atoms with Crippen LogP contribution in [0.4, 0.5) is 13.2 Å². The van der Waals surface area contributed by atoms with Gasteiger partial charge in [-0.2, -0.15) is 17.9 Å². The number of para-hydroxylation sites is 1. The van der Waals surface area contributed by atoms with Gasteiger partial charge in [-0.1, -0.05) is 23.5 Å². The van der Waals surface area contributed by atoms with Crippen molar-refractivity contribution in [3.8, 4) is 5.13 Å². The van der Waals surface area contributed by atoms with Crippen molar-refractivity contribution < 1.29 is 23.1 Å². The summed E-state index contributed by atoms with van der Waals surface area (Å²) in [6.45, 7) is 1.01. The van der Waals surface area contributed by atoms with Crippen molar-refractivity contribution >= 4 is 33.2 Å². The van der Waals surface area contributed by atoms with Gasteiger partial charge in [0.1, 0.15) is 0 Å². The number of alkyl halides is 3. The Morgan fingerprint density at radius 2 is 2.07 bits per heavy atom. The number of hydrogen-bond acceptors (Lipinski definition) is 5. The number of aliphatic carboxylic acids is 1. The van der Waals surface area contributed by atoms with E-state index in [1.165, 1.54) is 6.92 Å². The standard InChI is InChI=1S/C16H13F3N4O3S/c1-8(20-7-6-11(24)25)12-13(16(17,18)19)22-23(14(12)26)15-21-9-4-2-3-5-10(9)27-15/h2-5,22H,6-7H2,1H3,(H,24,25). The Balaban J connectivity index is 2.13. The predicted octanol–water partition coefficient (Wildman–Crippen LogP) is 3.08. The second-order valence-corrected chi connectivity index (χ2v) is 6.58. The van der Waals surface area contributed by atoms with E-state index < -0.39 is 29.0 Å². The van der Waals surface area contributed by atoms with Crippen molar-refractivity contribution in [1.82, 2.24) is 14.8 Å². The minimum atomic E-state index is -4.82. The highest BCUT2D eigenvalue weighted by Crippen LogP contribution is 2.31. The van der Waals surface area contributed by atoms with E-state index >= 15 is 0 Å². The van der Waals surface area contributed by atoms with Crippen molar-refractivity contribution in [3.05, 3.63) is 45.9 Å². The van der Waals surface area contributed by atoms with Crippen LogP contribution >= 0.6 is 11.3 Å². The number of H-pyrrole nitrogens is 1. The van der Waals surface area contributed by atoms with Crippen LogP contribution in [0.3, 0.4) is 0 Å². The molecule has 0 saturated heterocycles. The Bertz CT molecular complexity index is 1060. The molecule has 11 heteroatoms. The van der Waals surface area contributed by atoms with E-state index in [-0.39, 0.29) is 23.8 Å². The summed E-state index contributed by atoms with van der Waals surface area (Å²) in [5.74, 6) is -1.14. The van der Waals surface area contributed by atoms with E-state index in [0.717, 1.165) is 20.7 Å². The smallest absolute Gasteiger partial charge is 0.433 e. The quantitative estimate of drug-likeness (QED) is 0.645. The number of nitrogens with zero attached hydrogens (tertiary/aromatic N) is 3. The molecule has 0 saturated carbocycles. The number of benzene rings is 1. The van der Waals surface area contributed by atoms with Gasteiger partial charge in [0, 0.05) is 12.3 Å². The average molecular weight is 398 g/mol. The average Bonchev–Trinajstić information content (AvgIpc) is 3.14. The lowest BCUT2D eigenvalue weighted by atomic mass is 10.1. The fourth-order valence-electron chi connectivity index (χ4n) is 2.47. The molecule has 0 aliphatic rings. The molecule has 0 fully saturated rings. The zero-order valence-corrected chi connectivity index (χ0v) is 14.7. The van der Waals surface area contributed by atoms with Gasteiger partial charge in [-0.05, 0) is 19.1 Å². The van der Waals surface area contributed by atoms with Crippen LogP contribution in [0.1, 0.15) is 24.6 Å². The molecule has 0 aliphatic heterocycles. The third-order valence-electron chi connectivity index (χ3n) is 3.68. The molecule has 2 N–H and O–H groups in total. The molecule has 3 rings (SSSR count). The summed E-state index contributed by atoms with van der Waals surface area (Å²) >= 11 is 1.07. The number of rotatable bonds is 5. The first kappa shape index (κ1) is 18.8. The summed E-state index contributed by atoms with van der Waals surface area (Å²) in [4.78, 5) is 31.2. The molecule has 0 radical (unpaired) electrons. The van der Waals surface area contributed by atoms with E-state index in [2.05, 4.69) is 15.1 Å². The number of aromatic amines is 1. The lowest BCUT2D eigenvalue weighted by Gasteiger charge is -2.06. The van der Waals surface area contributed by atoms with Crippen molar-refractivity contribution in [2.45, 2.75) is 19.5 Å². The maximum absolute atomic E-state index is 13.4. The van der Waals surface area contributed by atoms with Crippen molar-refractivity contribution in [2.75, 3.05) is 6.54 Å². The number of carbonyl (C=O) groups is 1. The molecule has 3 aromatic rings. The topological polar surface area (TPSA) is 100 Å². The Hall–Kier alpha value is -2.95. The summed E-state index contributed by atoms with van der Waals surface area (Å²) in [7, 11) is 0. The molecule has 27 heavy (non-hydrogen) atoms. The number of hydrogen-bond donors (Lipinski definition) is 2. The molecule has 0 atom stereocenters. The molecular formula is C16H13F3N4O3S. The molecule has 1 aromatic carbocycles. The minimum Gasteiger partial charge on any atom is -0.481 e. The normalized spacial score (nSPS) is 12.7. The number of aromatic nitrogens is 3. The lowest BCUT2D eigenvalue weighted by molar-refractivity contribution is -0.141. The second-order valence-electron chi connectivity index (χ2n) is 5.58. The first-order valence-electron chi connectivity index (χ1n) is 7.70. The Morgan fingerprint density at radius 3 is 2.70 bits per heavy atom. The Kier molecular flexibility index (Phi) is 4.87. The summed E-state index contributed by atoms with van der Waals surface area (Å²) in [6, 6.07) is 6.92. The van der Waals surface area contributed by atoms with Crippen LogP contribution in [0.25, 0.3) is 15.3 Å². The fourth-order valence-corrected chi connectivity index (χ4v) is 3.39. The summed E-state index contributed by atoms with van der Waals surface area (Å²) in [5, 5.41) is 10.8. The number of halogens is 3. The number of carboxylic acids is 1. The van der Waals surface area contributed by atoms with Crippen LogP contribution in [-0.2, 0) is 11.0 Å². The third-order valence-corrected chi connectivity index (χ3v) is 4.71. The Morgan fingerprint density at radius 1 is 1.37 bits per heavy atom. The predicted molar refractivity (Wildman–Crippen MR) is 93.9 cm³/mol. The maximum atomic E-state index is 13.4. The van der Waals surface area contributed by atoms with E-state index in [1.807, 2.05) is 0 Å². The SMILES string of the molecule is CC(=NCCC(=O)O)c1c(C(F)(F)F)[nH]n(-c2nc3ccccc3s2)c1=O. The first-order valence-corrected chi connectivity index (χ1v) is 8.51. The van der Waals surface area contributed by atoms with Crippen LogP contribution < -0.4 is 5.56 Å². The molecule has 0 unspecified atom stereocenters. The number of carboxylic acid groups (broad SMARTS) is 1. The van der Waals surface area contributed by atoms with E-state index in [1.54, 1.807) is 24.3 Å². The van der Waals surface area contributed by atoms with Crippen LogP contribution in [0, 0.1) is 0 Å². The van der Waals surface area contributed by atoms with E-state index in [4.69, 9.17) is 5.11 Å². The molecule has 2 heterocycles. The van der Waals surface area contributed by atoms with E-state index in [9.17, 15) is 22.8 Å². The molecular weight excluding hydrogens is 385 g/mol. The zero-order valence-electron chi connectivity index (χ0n) is 13.9. The van der Waals surface area contributed by atoms with Crippen LogP contribution in [0.5, 0.6) is 0 Å². The summed E-state index contributed by atoms with van der Waals surface area (Å²) in [5.41, 5.74) is -2.47. The third kappa shape index (κ3) is 3.77. The Labute approximate surface area is 153 Å². The molecule has 0 aliphatic carbocycles. The molecule has 0 bridgehead atoms.